The van der Waals surface area contributed by atoms with Crippen molar-refractivity contribution in [1.82, 2.24) is 0 Å². The van der Waals surface area contributed by atoms with E-state index >= 15 is 0 Å². The van der Waals surface area contributed by atoms with Crippen LogP contribution in [0.2, 0.25) is 0 Å². The number of nitrogens with zero attached hydrogens (tertiary/aromatic N) is 2. The number of aryl methyl sites for hydroxylation is 2. The summed E-state index contributed by atoms with van der Waals surface area (Å²) >= 11 is 1.84. The average molecular weight is 599 g/mol. The maximum absolute atomic E-state index is 3.94. The molecular weight excluding hydrogens is 565 g/mol. The third-order valence-electron chi connectivity index (χ3n) is 8.31. The molecule has 0 aliphatic rings. The van der Waals surface area contributed by atoms with E-state index in [-0.39, 0.29) is 0 Å². The second-order valence-corrected chi connectivity index (χ2v) is 12.5. The Balaban J connectivity index is 1.39. The molecule has 3 heteroatoms. The maximum Gasteiger partial charge on any atom is 0.0468 e. The number of benzene rings is 6. The third-order valence-corrected chi connectivity index (χ3v) is 9.46. The molecule has 0 spiro atoms. The molecule has 2 nitrogen and oxygen atoms in total. The van der Waals surface area contributed by atoms with Gasteiger partial charge in [-0.15, -0.1) is 11.3 Å². The third kappa shape index (κ3) is 5.55. The van der Waals surface area contributed by atoms with Gasteiger partial charge < -0.3 is 9.80 Å². The van der Waals surface area contributed by atoms with Gasteiger partial charge in [0.15, 0.2) is 0 Å². The smallest absolute Gasteiger partial charge is 0.0468 e. The number of hydrogen-bond acceptors (Lipinski definition) is 3. The largest absolute Gasteiger partial charge is 0.310 e. The van der Waals surface area contributed by atoms with Gasteiger partial charge in [0.2, 0.25) is 0 Å². The van der Waals surface area contributed by atoms with Crippen LogP contribution in [0.25, 0.3) is 32.3 Å². The number of anilines is 6. The second-order valence-electron chi connectivity index (χ2n) is 11.4. The van der Waals surface area contributed by atoms with Gasteiger partial charge >= 0.3 is 0 Å². The lowest BCUT2D eigenvalue weighted by Crippen LogP contribution is -2.10. The van der Waals surface area contributed by atoms with E-state index in [2.05, 4.69) is 170 Å². The number of hydrogen-bond donors (Lipinski definition) is 0. The lowest BCUT2D eigenvalue weighted by atomic mass is 10.1. The Hall–Kier alpha value is -5.38. The molecule has 1 aromatic heterocycles. The molecule has 0 N–H and O–H groups in total. The first-order valence-corrected chi connectivity index (χ1v) is 16.0. The van der Waals surface area contributed by atoms with Gasteiger partial charge in [-0.1, -0.05) is 85.0 Å². The fraction of sp³-hybridized carbons (Fsp3) is 0.0476. The Morgan fingerprint density at radius 2 is 0.733 bits per heavy atom. The van der Waals surface area contributed by atoms with Gasteiger partial charge in [-0.05, 0) is 110 Å². The zero-order valence-electron chi connectivity index (χ0n) is 25.6. The summed E-state index contributed by atoms with van der Waals surface area (Å²) in [7, 11) is 0. The van der Waals surface area contributed by atoms with Gasteiger partial charge in [-0.3, -0.25) is 0 Å². The molecule has 1 heterocycles. The van der Waals surface area contributed by atoms with Crippen LogP contribution in [0.1, 0.15) is 22.3 Å². The molecule has 7 aromatic rings. The van der Waals surface area contributed by atoms with Crippen molar-refractivity contribution in [1.29, 1.82) is 0 Å². The van der Waals surface area contributed by atoms with Crippen molar-refractivity contribution >= 4 is 77.8 Å². The normalized spacial score (nSPS) is 11.1. The van der Waals surface area contributed by atoms with Crippen molar-refractivity contribution < 1.29 is 0 Å². The van der Waals surface area contributed by atoms with Crippen LogP contribution in [0.5, 0.6) is 0 Å². The highest BCUT2D eigenvalue weighted by Gasteiger charge is 2.17. The van der Waals surface area contributed by atoms with Crippen LogP contribution in [-0.2, 0) is 0 Å². The van der Waals surface area contributed by atoms with Crippen molar-refractivity contribution in [3.63, 3.8) is 0 Å². The highest BCUT2D eigenvalue weighted by Crippen LogP contribution is 2.43. The zero-order valence-corrected chi connectivity index (χ0v) is 26.4. The van der Waals surface area contributed by atoms with Crippen LogP contribution in [-0.4, -0.2) is 0 Å². The summed E-state index contributed by atoms with van der Waals surface area (Å²) in [6.45, 7) is 12.1. The minimum Gasteiger partial charge on any atom is -0.310 e. The summed E-state index contributed by atoms with van der Waals surface area (Å²) in [6, 6.07) is 48.3. The van der Waals surface area contributed by atoms with Gasteiger partial charge in [-0.25, -0.2) is 0 Å². The fourth-order valence-corrected chi connectivity index (χ4v) is 6.90. The standard InChI is InChI=1S/C42H34N2S/c1-5-31-11-19-35(20-12-31)43(33-15-7-29(3)8-16-33)37-23-25-41-39(27-37)40-28-38(24-26-42(40)45-41)44(34-17-9-30(4)10-18-34)36-21-13-32(6-2)14-22-36/h5-28H,1-2H2,3-4H3. The molecule has 6 aromatic carbocycles. The first kappa shape index (κ1) is 28.4. The summed E-state index contributed by atoms with van der Waals surface area (Å²) in [6.07, 6.45) is 3.77. The lowest BCUT2D eigenvalue weighted by Gasteiger charge is -2.26. The van der Waals surface area contributed by atoms with Gasteiger partial charge in [0.25, 0.3) is 0 Å². The minimum absolute atomic E-state index is 1.10. The predicted octanol–water partition coefficient (Wildman–Crippen LogP) is 12.9. The summed E-state index contributed by atoms with van der Waals surface area (Å²) in [4.78, 5) is 4.66. The molecular formula is C42H34N2S. The molecule has 0 bridgehead atoms. The molecule has 0 atom stereocenters. The Labute approximate surface area is 269 Å². The zero-order chi connectivity index (χ0) is 30.9. The Kier molecular flexibility index (Phi) is 7.54. The first-order valence-electron chi connectivity index (χ1n) is 15.2. The fourth-order valence-electron chi connectivity index (χ4n) is 5.83. The molecule has 0 saturated heterocycles. The van der Waals surface area contributed by atoms with Crippen molar-refractivity contribution in [2.45, 2.75) is 13.8 Å². The molecule has 0 fully saturated rings. The van der Waals surface area contributed by atoms with Crippen LogP contribution in [0.15, 0.2) is 147 Å². The topological polar surface area (TPSA) is 6.48 Å². The molecule has 0 aliphatic carbocycles. The van der Waals surface area contributed by atoms with Crippen LogP contribution < -0.4 is 9.80 Å². The van der Waals surface area contributed by atoms with Crippen molar-refractivity contribution in [2.75, 3.05) is 9.80 Å². The quantitative estimate of drug-likeness (QED) is 0.172. The van der Waals surface area contributed by atoms with E-state index in [1.54, 1.807) is 0 Å². The van der Waals surface area contributed by atoms with Crippen molar-refractivity contribution in [2.24, 2.45) is 0 Å². The van der Waals surface area contributed by atoms with Gasteiger partial charge in [0, 0.05) is 54.3 Å². The molecule has 0 unspecified atom stereocenters. The number of rotatable bonds is 8. The van der Waals surface area contributed by atoms with E-state index in [1.807, 2.05) is 23.5 Å². The van der Waals surface area contributed by atoms with E-state index in [0.717, 1.165) is 45.3 Å². The average Bonchev–Trinajstić information content (AvgIpc) is 3.45. The van der Waals surface area contributed by atoms with Crippen LogP contribution >= 0.6 is 11.3 Å². The SMILES string of the molecule is C=Cc1ccc(N(c2ccc(C)cc2)c2ccc3sc4ccc(N(c5ccc(C)cc5)c5ccc(C=C)cc5)cc4c3c2)cc1. The Morgan fingerprint density at radius 1 is 0.422 bits per heavy atom. The monoisotopic (exact) mass is 598 g/mol. The Morgan fingerprint density at radius 3 is 1.07 bits per heavy atom. The van der Waals surface area contributed by atoms with E-state index in [1.165, 1.54) is 31.3 Å². The molecule has 0 saturated carbocycles. The summed E-state index contributed by atoms with van der Waals surface area (Å²) in [5, 5.41) is 2.50. The summed E-state index contributed by atoms with van der Waals surface area (Å²) in [5.74, 6) is 0. The molecule has 0 amide bonds. The van der Waals surface area contributed by atoms with Gasteiger partial charge in [0.1, 0.15) is 0 Å². The molecule has 218 valence electrons. The van der Waals surface area contributed by atoms with Crippen molar-refractivity contribution in [3.8, 4) is 0 Å². The summed E-state index contributed by atoms with van der Waals surface area (Å²) < 4.78 is 2.54. The van der Waals surface area contributed by atoms with E-state index in [9.17, 15) is 0 Å². The van der Waals surface area contributed by atoms with E-state index in [4.69, 9.17) is 0 Å². The predicted molar refractivity (Wildman–Crippen MR) is 198 cm³/mol. The van der Waals surface area contributed by atoms with E-state index in [0.29, 0.717) is 0 Å². The Bertz CT molecular complexity index is 1980. The van der Waals surface area contributed by atoms with Crippen LogP contribution in [0, 0.1) is 13.8 Å². The summed E-state index contributed by atoms with van der Waals surface area (Å²) in [5.41, 5.74) is 11.4. The van der Waals surface area contributed by atoms with Crippen LogP contribution in [0.4, 0.5) is 34.1 Å². The number of thiophene rings is 1. The van der Waals surface area contributed by atoms with Crippen molar-refractivity contribution in [3.05, 3.63) is 169 Å². The van der Waals surface area contributed by atoms with Gasteiger partial charge in [-0.2, -0.15) is 0 Å². The highest BCUT2D eigenvalue weighted by atomic mass is 32.1. The van der Waals surface area contributed by atoms with Crippen LogP contribution in [0.3, 0.4) is 0 Å². The van der Waals surface area contributed by atoms with Gasteiger partial charge in [0.05, 0.1) is 0 Å². The lowest BCUT2D eigenvalue weighted by molar-refractivity contribution is 1.28. The molecule has 45 heavy (non-hydrogen) atoms. The number of fused-ring (bicyclic) bond motifs is 3. The molecule has 0 radical (unpaired) electrons. The molecule has 7 rings (SSSR count). The second kappa shape index (κ2) is 12.0. The maximum atomic E-state index is 3.94. The van der Waals surface area contributed by atoms with E-state index < -0.39 is 0 Å². The molecule has 0 aliphatic heterocycles. The highest BCUT2D eigenvalue weighted by molar-refractivity contribution is 7.25. The minimum atomic E-state index is 1.10. The first-order chi connectivity index (χ1) is 22.0.